The summed E-state index contributed by atoms with van der Waals surface area (Å²) in [5.41, 5.74) is 6.42. The van der Waals surface area contributed by atoms with Crippen LogP contribution < -0.4 is 5.73 Å². The Bertz CT molecular complexity index is 240. The van der Waals surface area contributed by atoms with Gasteiger partial charge in [0, 0.05) is 6.07 Å². The van der Waals surface area contributed by atoms with Gasteiger partial charge in [-0.25, -0.2) is 0 Å². The molecule has 0 radical (unpaired) electrons. The van der Waals surface area contributed by atoms with E-state index in [4.69, 9.17) is 10.2 Å². The van der Waals surface area contributed by atoms with Gasteiger partial charge < -0.3 is 15.1 Å². The van der Waals surface area contributed by atoms with E-state index in [9.17, 15) is 0 Å². The second-order valence-electron chi connectivity index (χ2n) is 2.97. The molecule has 0 aliphatic heterocycles. The zero-order chi connectivity index (χ0) is 8.43. The largest absolute Gasteiger partial charge is 0.463 e. The van der Waals surface area contributed by atoms with Crippen molar-refractivity contribution in [3.8, 4) is 0 Å². The number of nitrogens with zero attached hydrogens (tertiary/aromatic N) is 1. The Kier molecular flexibility index (Phi) is 2.19. The van der Waals surface area contributed by atoms with Gasteiger partial charge in [0.05, 0.1) is 12.2 Å². The SMILES string of the molecule is Cc1cc(N)c(CN(C)C)o1. The topological polar surface area (TPSA) is 42.4 Å². The van der Waals surface area contributed by atoms with Gasteiger partial charge in [-0.05, 0) is 21.0 Å². The highest BCUT2D eigenvalue weighted by Gasteiger charge is 2.05. The van der Waals surface area contributed by atoms with Gasteiger partial charge in [0.15, 0.2) is 0 Å². The van der Waals surface area contributed by atoms with E-state index in [0.717, 1.165) is 23.8 Å². The zero-order valence-electron chi connectivity index (χ0n) is 7.22. The van der Waals surface area contributed by atoms with Gasteiger partial charge in [0.1, 0.15) is 11.5 Å². The van der Waals surface area contributed by atoms with Crippen molar-refractivity contribution < 1.29 is 4.42 Å². The molecule has 3 heteroatoms. The van der Waals surface area contributed by atoms with Crippen LogP contribution in [-0.4, -0.2) is 19.0 Å². The Labute approximate surface area is 66.8 Å². The molecule has 0 atom stereocenters. The van der Waals surface area contributed by atoms with E-state index in [1.165, 1.54) is 0 Å². The first-order valence-corrected chi connectivity index (χ1v) is 3.59. The molecule has 1 aromatic heterocycles. The van der Waals surface area contributed by atoms with Crippen LogP contribution in [0.5, 0.6) is 0 Å². The number of furan rings is 1. The number of hydrogen-bond donors (Lipinski definition) is 1. The highest BCUT2D eigenvalue weighted by molar-refractivity contribution is 5.42. The van der Waals surface area contributed by atoms with Gasteiger partial charge in [0.2, 0.25) is 0 Å². The van der Waals surface area contributed by atoms with Crippen LogP contribution in [0.4, 0.5) is 5.69 Å². The standard InChI is InChI=1S/C8H14N2O/c1-6-4-7(9)8(11-6)5-10(2)3/h4H,5,9H2,1-3H3. The van der Waals surface area contributed by atoms with E-state index in [1.807, 2.05) is 32.0 Å². The van der Waals surface area contributed by atoms with E-state index in [2.05, 4.69) is 0 Å². The molecule has 0 saturated heterocycles. The summed E-state index contributed by atoms with van der Waals surface area (Å²) in [7, 11) is 3.97. The molecule has 0 aliphatic rings. The van der Waals surface area contributed by atoms with Crippen LogP contribution in [0.25, 0.3) is 0 Å². The summed E-state index contributed by atoms with van der Waals surface area (Å²) in [6, 6.07) is 1.85. The molecule has 1 heterocycles. The van der Waals surface area contributed by atoms with Gasteiger partial charge in [-0.3, -0.25) is 0 Å². The predicted molar refractivity (Wildman–Crippen MR) is 45.2 cm³/mol. The van der Waals surface area contributed by atoms with E-state index in [1.54, 1.807) is 0 Å². The minimum atomic E-state index is 0.746. The predicted octanol–water partition coefficient (Wildman–Crippen LogP) is 1.23. The Morgan fingerprint density at radius 3 is 2.55 bits per heavy atom. The number of nitrogens with two attached hydrogens (primary N) is 1. The molecule has 0 bridgehead atoms. The maximum atomic E-state index is 5.67. The molecule has 0 fully saturated rings. The third-order valence-corrected chi connectivity index (χ3v) is 1.42. The summed E-state index contributed by atoms with van der Waals surface area (Å²) in [4.78, 5) is 2.02. The first-order chi connectivity index (χ1) is 5.09. The van der Waals surface area contributed by atoms with E-state index >= 15 is 0 Å². The van der Waals surface area contributed by atoms with Gasteiger partial charge >= 0.3 is 0 Å². The number of anilines is 1. The van der Waals surface area contributed by atoms with Gasteiger partial charge in [0.25, 0.3) is 0 Å². The van der Waals surface area contributed by atoms with Crippen molar-refractivity contribution in [1.82, 2.24) is 4.90 Å². The van der Waals surface area contributed by atoms with Crippen molar-refractivity contribution >= 4 is 5.69 Å². The fraction of sp³-hybridized carbons (Fsp3) is 0.500. The highest BCUT2D eigenvalue weighted by atomic mass is 16.3. The molecule has 3 nitrogen and oxygen atoms in total. The molecular weight excluding hydrogens is 140 g/mol. The first kappa shape index (κ1) is 8.14. The van der Waals surface area contributed by atoms with Crippen molar-refractivity contribution in [2.75, 3.05) is 19.8 Å². The molecule has 1 aromatic rings. The van der Waals surface area contributed by atoms with Crippen molar-refractivity contribution in [3.63, 3.8) is 0 Å². The Balaban J connectivity index is 2.77. The Morgan fingerprint density at radius 1 is 1.55 bits per heavy atom. The Hall–Kier alpha value is -0.960. The van der Waals surface area contributed by atoms with Gasteiger partial charge in [-0.15, -0.1) is 0 Å². The zero-order valence-corrected chi connectivity index (χ0v) is 7.22. The smallest absolute Gasteiger partial charge is 0.140 e. The van der Waals surface area contributed by atoms with Crippen molar-refractivity contribution in [2.24, 2.45) is 0 Å². The lowest BCUT2D eigenvalue weighted by atomic mass is 10.3. The lowest BCUT2D eigenvalue weighted by molar-refractivity contribution is 0.346. The summed E-state index contributed by atoms with van der Waals surface area (Å²) < 4.78 is 5.36. The van der Waals surface area contributed by atoms with Crippen LogP contribution in [0.15, 0.2) is 10.5 Å². The normalized spacial score (nSPS) is 10.9. The highest BCUT2D eigenvalue weighted by Crippen LogP contribution is 2.17. The molecule has 0 unspecified atom stereocenters. The average Bonchev–Trinajstić information content (AvgIpc) is 2.09. The number of rotatable bonds is 2. The molecule has 0 amide bonds. The second-order valence-corrected chi connectivity index (χ2v) is 2.97. The summed E-state index contributed by atoms with van der Waals surface area (Å²) in [6.45, 7) is 2.66. The van der Waals surface area contributed by atoms with Crippen LogP contribution in [0, 0.1) is 6.92 Å². The molecule has 1 rings (SSSR count). The summed E-state index contributed by atoms with van der Waals surface area (Å²) in [5, 5.41) is 0. The lowest BCUT2D eigenvalue weighted by Crippen LogP contribution is -2.10. The third kappa shape index (κ3) is 1.98. The van der Waals surface area contributed by atoms with Crippen LogP contribution >= 0.6 is 0 Å². The maximum absolute atomic E-state index is 5.67. The fourth-order valence-corrected chi connectivity index (χ4v) is 0.993. The quantitative estimate of drug-likeness (QED) is 0.696. The summed E-state index contributed by atoms with van der Waals surface area (Å²) in [6.07, 6.45) is 0. The van der Waals surface area contributed by atoms with E-state index < -0.39 is 0 Å². The molecule has 0 spiro atoms. The number of nitrogen functional groups attached to an aromatic ring is 1. The van der Waals surface area contributed by atoms with Gasteiger partial charge in [-0.2, -0.15) is 0 Å². The third-order valence-electron chi connectivity index (χ3n) is 1.42. The van der Waals surface area contributed by atoms with Gasteiger partial charge in [-0.1, -0.05) is 0 Å². The second kappa shape index (κ2) is 2.96. The van der Waals surface area contributed by atoms with E-state index in [0.29, 0.717) is 0 Å². The molecule has 0 aliphatic carbocycles. The number of hydrogen-bond acceptors (Lipinski definition) is 3. The lowest BCUT2D eigenvalue weighted by Gasteiger charge is -2.06. The number of aryl methyl sites for hydroxylation is 1. The van der Waals surface area contributed by atoms with E-state index in [-0.39, 0.29) is 0 Å². The van der Waals surface area contributed by atoms with Crippen molar-refractivity contribution in [2.45, 2.75) is 13.5 Å². The Morgan fingerprint density at radius 2 is 2.18 bits per heavy atom. The monoisotopic (exact) mass is 154 g/mol. The minimum Gasteiger partial charge on any atom is -0.463 e. The molecular formula is C8H14N2O. The molecule has 62 valence electrons. The van der Waals surface area contributed by atoms with Crippen molar-refractivity contribution in [3.05, 3.63) is 17.6 Å². The fourth-order valence-electron chi connectivity index (χ4n) is 0.993. The summed E-state index contributed by atoms with van der Waals surface area (Å²) in [5.74, 6) is 1.73. The maximum Gasteiger partial charge on any atom is 0.140 e. The molecule has 11 heavy (non-hydrogen) atoms. The van der Waals surface area contributed by atoms with Crippen LogP contribution in [0.1, 0.15) is 11.5 Å². The van der Waals surface area contributed by atoms with Crippen LogP contribution in [0.3, 0.4) is 0 Å². The average molecular weight is 154 g/mol. The summed E-state index contributed by atoms with van der Waals surface area (Å²) >= 11 is 0. The van der Waals surface area contributed by atoms with Crippen molar-refractivity contribution in [1.29, 1.82) is 0 Å². The minimum absolute atomic E-state index is 0.746. The molecule has 0 saturated carbocycles. The van der Waals surface area contributed by atoms with Crippen LogP contribution in [-0.2, 0) is 6.54 Å². The first-order valence-electron chi connectivity index (χ1n) is 3.59. The molecule has 2 N–H and O–H groups in total. The van der Waals surface area contributed by atoms with Crippen LogP contribution in [0.2, 0.25) is 0 Å². The molecule has 0 aromatic carbocycles.